The Bertz CT molecular complexity index is 454. The lowest BCUT2D eigenvalue weighted by Gasteiger charge is -2.06. The maximum absolute atomic E-state index is 11.2. The molecule has 0 aliphatic rings. The van der Waals surface area contributed by atoms with E-state index in [1.54, 1.807) is 12.1 Å². The van der Waals surface area contributed by atoms with E-state index in [4.69, 9.17) is 10.5 Å². The van der Waals surface area contributed by atoms with Crippen molar-refractivity contribution in [3.8, 4) is 5.75 Å². The van der Waals surface area contributed by atoms with Crippen LogP contribution in [-0.4, -0.2) is 25.1 Å². The topological polar surface area (TPSA) is 78.6 Å². The second-order valence-electron chi connectivity index (χ2n) is 3.38. The summed E-state index contributed by atoms with van der Waals surface area (Å²) in [5.41, 5.74) is 5.61. The monoisotopic (exact) mass is 249 g/mol. The number of benzene rings is 1. The highest BCUT2D eigenvalue weighted by Crippen LogP contribution is 2.19. The summed E-state index contributed by atoms with van der Waals surface area (Å²) >= 11 is 0. The number of primary amides is 1. The fraction of sp³-hybridized carbons (Fsp3) is 0.231. The summed E-state index contributed by atoms with van der Waals surface area (Å²) in [5.74, 6) is -0.634. The first-order valence-electron chi connectivity index (χ1n) is 5.48. The zero-order chi connectivity index (χ0) is 13.4. The molecule has 0 aliphatic carbocycles. The second kappa shape index (κ2) is 7.11. The Balaban J connectivity index is 2.65. The number of para-hydroxylation sites is 1. The summed E-state index contributed by atoms with van der Waals surface area (Å²) < 4.78 is 9.97. The van der Waals surface area contributed by atoms with Gasteiger partial charge in [-0.2, -0.15) is 0 Å². The number of hydrogen-bond donors (Lipinski definition) is 1. The first-order valence-corrected chi connectivity index (χ1v) is 5.48. The average molecular weight is 249 g/mol. The number of hydrogen-bond acceptors (Lipinski definition) is 4. The Hall–Kier alpha value is -2.30. The molecule has 1 aromatic rings. The number of carbonyl (C=O) groups excluding carboxylic acids is 2. The molecule has 0 saturated heterocycles. The third kappa shape index (κ3) is 4.69. The average Bonchev–Trinajstić information content (AvgIpc) is 2.35. The smallest absolute Gasteiger partial charge is 0.331 e. The van der Waals surface area contributed by atoms with Crippen LogP contribution in [0.25, 0.3) is 6.08 Å². The van der Waals surface area contributed by atoms with Gasteiger partial charge >= 0.3 is 5.97 Å². The lowest BCUT2D eigenvalue weighted by molar-refractivity contribution is -0.142. The summed E-state index contributed by atoms with van der Waals surface area (Å²) in [6.45, 7) is 1.99. The molecule has 0 aliphatic heterocycles. The van der Waals surface area contributed by atoms with Gasteiger partial charge in [-0.05, 0) is 19.1 Å². The van der Waals surface area contributed by atoms with Crippen molar-refractivity contribution in [2.24, 2.45) is 5.73 Å². The highest BCUT2D eigenvalue weighted by atomic mass is 16.5. The fourth-order valence-electron chi connectivity index (χ4n) is 1.25. The second-order valence-corrected chi connectivity index (χ2v) is 3.38. The summed E-state index contributed by atoms with van der Waals surface area (Å²) in [6.07, 6.45) is 2.79. The summed E-state index contributed by atoms with van der Waals surface area (Å²) in [5, 5.41) is 0. The van der Waals surface area contributed by atoms with Gasteiger partial charge in [-0.3, -0.25) is 4.79 Å². The zero-order valence-electron chi connectivity index (χ0n) is 10.1. The number of esters is 1. The molecule has 18 heavy (non-hydrogen) atoms. The molecule has 0 saturated carbocycles. The minimum absolute atomic E-state index is 0.420. The van der Waals surface area contributed by atoms with Gasteiger partial charge in [0.1, 0.15) is 5.75 Å². The number of nitrogens with two attached hydrogens (primary N) is 1. The van der Waals surface area contributed by atoms with Gasteiger partial charge in [0.25, 0.3) is 5.91 Å². The number of rotatable bonds is 6. The van der Waals surface area contributed by atoms with Crippen LogP contribution in [0, 0.1) is 0 Å². The highest BCUT2D eigenvalue weighted by molar-refractivity contribution is 5.89. The van der Waals surface area contributed by atoms with Crippen molar-refractivity contribution in [2.75, 3.05) is 13.2 Å². The van der Waals surface area contributed by atoms with Crippen molar-refractivity contribution in [2.45, 2.75) is 6.92 Å². The SMILES string of the molecule is CCOc1ccccc1/C=C/C(=O)OCC(N)=O. The standard InChI is InChI=1S/C13H15NO4/c1-2-17-11-6-4-3-5-10(11)7-8-13(16)18-9-12(14)15/h3-8H,2,9H2,1H3,(H2,14,15)/b8-7+. The molecular formula is C13H15NO4. The molecule has 1 rings (SSSR count). The molecule has 0 atom stereocenters. The third-order valence-electron chi connectivity index (χ3n) is 1.97. The van der Waals surface area contributed by atoms with Gasteiger partial charge in [0, 0.05) is 11.6 Å². The Morgan fingerprint density at radius 1 is 1.33 bits per heavy atom. The van der Waals surface area contributed by atoms with Gasteiger partial charge in [-0.1, -0.05) is 18.2 Å². The summed E-state index contributed by atoms with van der Waals surface area (Å²) in [7, 11) is 0. The van der Waals surface area contributed by atoms with Crippen LogP contribution in [0.15, 0.2) is 30.3 Å². The molecule has 1 amide bonds. The van der Waals surface area contributed by atoms with Crippen molar-refractivity contribution in [1.82, 2.24) is 0 Å². The molecule has 0 heterocycles. The van der Waals surface area contributed by atoms with Crippen LogP contribution in [0.1, 0.15) is 12.5 Å². The largest absolute Gasteiger partial charge is 0.493 e. The summed E-state index contributed by atoms with van der Waals surface area (Å²) in [6, 6.07) is 7.28. The van der Waals surface area contributed by atoms with Crippen molar-refractivity contribution < 1.29 is 19.1 Å². The lowest BCUT2D eigenvalue weighted by Crippen LogP contribution is -2.19. The molecule has 96 valence electrons. The Kier molecular flexibility index (Phi) is 5.44. The Morgan fingerprint density at radius 2 is 2.06 bits per heavy atom. The minimum atomic E-state index is -0.688. The third-order valence-corrected chi connectivity index (χ3v) is 1.97. The number of carbonyl (C=O) groups is 2. The fourth-order valence-corrected chi connectivity index (χ4v) is 1.25. The van der Waals surface area contributed by atoms with E-state index in [0.29, 0.717) is 12.4 Å². The van der Waals surface area contributed by atoms with Gasteiger partial charge in [0.2, 0.25) is 0 Å². The van der Waals surface area contributed by atoms with E-state index >= 15 is 0 Å². The van der Waals surface area contributed by atoms with E-state index in [9.17, 15) is 9.59 Å². The molecule has 5 heteroatoms. The van der Waals surface area contributed by atoms with E-state index in [1.807, 2.05) is 25.1 Å². The van der Waals surface area contributed by atoms with E-state index in [-0.39, 0.29) is 0 Å². The van der Waals surface area contributed by atoms with Crippen molar-refractivity contribution in [1.29, 1.82) is 0 Å². The summed E-state index contributed by atoms with van der Waals surface area (Å²) in [4.78, 5) is 21.7. The van der Waals surface area contributed by atoms with Crippen LogP contribution >= 0.6 is 0 Å². The van der Waals surface area contributed by atoms with Crippen LogP contribution in [0.5, 0.6) is 5.75 Å². The number of ether oxygens (including phenoxy) is 2. The predicted octanol–water partition coefficient (Wildman–Crippen LogP) is 1.13. The minimum Gasteiger partial charge on any atom is -0.493 e. The Labute approximate surface area is 105 Å². The van der Waals surface area contributed by atoms with Crippen LogP contribution in [0.2, 0.25) is 0 Å². The molecule has 0 unspecified atom stereocenters. The maximum atomic E-state index is 11.2. The normalized spacial score (nSPS) is 10.3. The highest BCUT2D eigenvalue weighted by Gasteiger charge is 2.02. The van der Waals surface area contributed by atoms with Crippen molar-refractivity contribution in [3.63, 3.8) is 0 Å². The van der Waals surface area contributed by atoms with Crippen LogP contribution < -0.4 is 10.5 Å². The predicted molar refractivity (Wildman–Crippen MR) is 66.8 cm³/mol. The van der Waals surface area contributed by atoms with Crippen LogP contribution in [0.4, 0.5) is 0 Å². The molecule has 5 nitrogen and oxygen atoms in total. The van der Waals surface area contributed by atoms with Gasteiger partial charge < -0.3 is 15.2 Å². The van der Waals surface area contributed by atoms with Crippen molar-refractivity contribution in [3.05, 3.63) is 35.9 Å². The van der Waals surface area contributed by atoms with Crippen LogP contribution in [-0.2, 0) is 14.3 Å². The first-order chi connectivity index (χ1) is 8.63. The number of amides is 1. The molecular weight excluding hydrogens is 234 g/mol. The van der Waals surface area contributed by atoms with Gasteiger partial charge in [-0.25, -0.2) is 4.79 Å². The van der Waals surface area contributed by atoms with Gasteiger partial charge in [0.05, 0.1) is 6.61 Å². The van der Waals surface area contributed by atoms with Crippen molar-refractivity contribution >= 4 is 18.0 Å². The van der Waals surface area contributed by atoms with Gasteiger partial charge in [0.15, 0.2) is 6.61 Å². The molecule has 0 aromatic heterocycles. The zero-order valence-corrected chi connectivity index (χ0v) is 10.1. The van der Waals surface area contributed by atoms with E-state index in [1.165, 1.54) is 6.08 Å². The molecule has 1 aromatic carbocycles. The molecule has 0 radical (unpaired) electrons. The lowest BCUT2D eigenvalue weighted by atomic mass is 10.2. The molecule has 2 N–H and O–H groups in total. The van der Waals surface area contributed by atoms with Gasteiger partial charge in [-0.15, -0.1) is 0 Å². The quantitative estimate of drug-likeness (QED) is 0.605. The first kappa shape index (κ1) is 13.8. The van der Waals surface area contributed by atoms with Crippen LogP contribution in [0.3, 0.4) is 0 Å². The maximum Gasteiger partial charge on any atom is 0.331 e. The van der Waals surface area contributed by atoms with E-state index < -0.39 is 18.5 Å². The molecule has 0 spiro atoms. The van der Waals surface area contributed by atoms with E-state index in [0.717, 1.165) is 5.56 Å². The van der Waals surface area contributed by atoms with E-state index in [2.05, 4.69) is 4.74 Å². The molecule has 0 bridgehead atoms. The molecule has 0 fully saturated rings. The Morgan fingerprint density at radius 3 is 2.72 bits per heavy atom.